The van der Waals surface area contributed by atoms with Crippen LogP contribution in [0.15, 0.2) is 75.4 Å². The van der Waals surface area contributed by atoms with Crippen LogP contribution in [0.4, 0.5) is 4.39 Å². The van der Waals surface area contributed by atoms with E-state index in [4.69, 9.17) is 0 Å². The Labute approximate surface area is 172 Å². The van der Waals surface area contributed by atoms with Crippen LogP contribution in [0.5, 0.6) is 0 Å². The lowest BCUT2D eigenvalue weighted by Crippen LogP contribution is -2.32. The number of carbonyl (C=O) groups is 1. The summed E-state index contributed by atoms with van der Waals surface area (Å²) >= 11 is 1.34. The van der Waals surface area contributed by atoms with Gasteiger partial charge in [0.2, 0.25) is 0 Å². The predicted octanol–water partition coefficient (Wildman–Crippen LogP) is 4.20. The lowest BCUT2D eigenvalue weighted by molar-refractivity contribution is 0.0938. The number of benzene rings is 2. The molecular weight excluding hydrogens is 389 g/mol. The van der Waals surface area contributed by atoms with Gasteiger partial charge in [0.25, 0.3) is 11.5 Å². The van der Waals surface area contributed by atoms with Gasteiger partial charge in [-0.05, 0) is 67.4 Å². The molecule has 1 aliphatic carbocycles. The molecule has 1 saturated carbocycles. The third kappa shape index (κ3) is 4.74. The summed E-state index contributed by atoms with van der Waals surface area (Å²) in [4.78, 5) is 25.5. The fourth-order valence-electron chi connectivity index (χ4n) is 3.35. The smallest absolute Gasteiger partial charge is 0.271 e. The number of amides is 1. The molecule has 3 aromatic rings. The molecule has 7 heteroatoms. The number of aromatic nitrogens is 2. The third-order valence-electron chi connectivity index (χ3n) is 4.88. The summed E-state index contributed by atoms with van der Waals surface area (Å²) in [6, 6.07) is 16.3. The van der Waals surface area contributed by atoms with Gasteiger partial charge in [0.05, 0.1) is 5.69 Å². The molecule has 0 bridgehead atoms. The number of halogens is 1. The highest BCUT2D eigenvalue weighted by Gasteiger charge is 2.18. The fourth-order valence-corrected chi connectivity index (χ4v) is 4.12. The highest BCUT2D eigenvalue weighted by Crippen LogP contribution is 2.25. The van der Waals surface area contributed by atoms with Crippen LogP contribution in [0.25, 0.3) is 5.69 Å². The molecule has 5 nitrogen and oxygen atoms in total. The number of nitrogens with one attached hydrogen (secondary N) is 1. The van der Waals surface area contributed by atoms with E-state index >= 15 is 0 Å². The van der Waals surface area contributed by atoms with Crippen LogP contribution in [0.1, 0.15) is 36.0 Å². The Hall–Kier alpha value is -2.93. The molecule has 1 aliphatic rings. The van der Waals surface area contributed by atoms with E-state index in [2.05, 4.69) is 10.4 Å². The molecule has 2 aromatic carbocycles. The van der Waals surface area contributed by atoms with Crippen LogP contribution >= 0.6 is 11.8 Å². The minimum absolute atomic E-state index is 0.0932. The third-order valence-corrected chi connectivity index (χ3v) is 5.81. The summed E-state index contributed by atoms with van der Waals surface area (Å²) in [5.74, 6) is -0.395. The molecule has 148 valence electrons. The van der Waals surface area contributed by atoms with Gasteiger partial charge in [0.1, 0.15) is 10.8 Å². The first-order valence-corrected chi connectivity index (χ1v) is 10.4. The molecule has 0 spiro atoms. The van der Waals surface area contributed by atoms with Gasteiger partial charge in [-0.2, -0.15) is 9.78 Å². The summed E-state index contributed by atoms with van der Waals surface area (Å²) in [6.45, 7) is 0. The summed E-state index contributed by atoms with van der Waals surface area (Å²) in [5.41, 5.74) is 0.871. The van der Waals surface area contributed by atoms with Gasteiger partial charge in [0.15, 0.2) is 0 Å². The van der Waals surface area contributed by atoms with E-state index in [1.807, 2.05) is 0 Å². The van der Waals surface area contributed by atoms with Gasteiger partial charge in [-0.3, -0.25) is 9.59 Å². The van der Waals surface area contributed by atoms with Crippen molar-refractivity contribution in [1.82, 2.24) is 15.1 Å². The Morgan fingerprint density at radius 3 is 2.38 bits per heavy atom. The van der Waals surface area contributed by atoms with Gasteiger partial charge < -0.3 is 5.32 Å². The van der Waals surface area contributed by atoms with Crippen molar-refractivity contribution < 1.29 is 9.18 Å². The molecule has 0 radical (unpaired) electrons. The number of carbonyl (C=O) groups excluding carboxylic acids is 1. The largest absolute Gasteiger partial charge is 0.349 e. The molecule has 29 heavy (non-hydrogen) atoms. The molecule has 1 fully saturated rings. The highest BCUT2D eigenvalue weighted by atomic mass is 32.2. The fraction of sp³-hybridized carbons (Fsp3) is 0.227. The van der Waals surface area contributed by atoms with Crippen molar-refractivity contribution >= 4 is 17.7 Å². The summed E-state index contributed by atoms with van der Waals surface area (Å²) in [7, 11) is 0. The number of nitrogens with zero attached hydrogens (tertiary/aromatic N) is 2. The van der Waals surface area contributed by atoms with Gasteiger partial charge >= 0.3 is 0 Å². The minimum atomic E-state index is -0.302. The van der Waals surface area contributed by atoms with Crippen molar-refractivity contribution in [2.75, 3.05) is 0 Å². The number of hydrogen-bond donors (Lipinski definition) is 1. The van der Waals surface area contributed by atoms with E-state index in [0.29, 0.717) is 16.3 Å². The first-order valence-electron chi connectivity index (χ1n) is 9.53. The summed E-state index contributed by atoms with van der Waals surface area (Å²) in [5, 5.41) is 8.05. The Kier molecular flexibility index (Phi) is 5.76. The topological polar surface area (TPSA) is 64.0 Å². The lowest BCUT2D eigenvalue weighted by Gasteiger charge is -2.12. The van der Waals surface area contributed by atoms with E-state index in [0.717, 1.165) is 30.6 Å². The highest BCUT2D eigenvalue weighted by molar-refractivity contribution is 7.99. The lowest BCUT2D eigenvalue weighted by atomic mass is 10.1. The molecular formula is C22H20FN3O2S. The van der Waals surface area contributed by atoms with Crippen LogP contribution < -0.4 is 10.9 Å². The van der Waals surface area contributed by atoms with Crippen molar-refractivity contribution in [1.29, 1.82) is 0 Å². The monoisotopic (exact) mass is 409 g/mol. The number of hydrogen-bond acceptors (Lipinski definition) is 4. The quantitative estimate of drug-likeness (QED) is 0.686. The van der Waals surface area contributed by atoms with Crippen molar-refractivity contribution in [3.8, 4) is 5.69 Å². The average Bonchev–Trinajstić information content (AvgIpc) is 3.24. The molecule has 1 aromatic heterocycles. The molecule has 0 atom stereocenters. The number of rotatable bonds is 5. The van der Waals surface area contributed by atoms with Crippen LogP contribution in [-0.4, -0.2) is 21.7 Å². The van der Waals surface area contributed by atoms with Crippen LogP contribution in [0.3, 0.4) is 0 Å². The van der Waals surface area contributed by atoms with Crippen molar-refractivity contribution in [3.05, 3.63) is 82.4 Å². The van der Waals surface area contributed by atoms with Gasteiger partial charge in [-0.15, -0.1) is 0 Å². The molecule has 0 aliphatic heterocycles. The van der Waals surface area contributed by atoms with Gasteiger partial charge in [0, 0.05) is 22.6 Å². The normalized spacial score (nSPS) is 14.1. The van der Waals surface area contributed by atoms with Crippen LogP contribution in [0.2, 0.25) is 0 Å². The molecule has 0 saturated heterocycles. The Morgan fingerprint density at radius 2 is 1.69 bits per heavy atom. The van der Waals surface area contributed by atoms with Gasteiger partial charge in [-0.25, -0.2) is 4.39 Å². The maximum atomic E-state index is 13.1. The average molecular weight is 409 g/mol. The Morgan fingerprint density at radius 1 is 1.00 bits per heavy atom. The van der Waals surface area contributed by atoms with E-state index in [1.54, 1.807) is 42.5 Å². The molecule has 1 amide bonds. The molecule has 0 unspecified atom stereocenters. The molecule has 4 rings (SSSR count). The van der Waals surface area contributed by atoms with Crippen molar-refractivity contribution in [2.45, 2.75) is 41.6 Å². The second-order valence-electron chi connectivity index (χ2n) is 6.98. The standard InChI is InChI=1S/C22H20FN3O2S/c23-16-7-11-19(12-8-16)29-20-13-14-21(27)26(25-20)18-9-5-15(6-10-18)22(28)24-17-3-1-2-4-17/h5-14,17H,1-4H2,(H,24,28). The maximum absolute atomic E-state index is 13.1. The predicted molar refractivity (Wildman–Crippen MR) is 110 cm³/mol. The summed E-state index contributed by atoms with van der Waals surface area (Å²) < 4.78 is 14.4. The minimum Gasteiger partial charge on any atom is -0.349 e. The Balaban J connectivity index is 1.52. The van der Waals surface area contributed by atoms with E-state index < -0.39 is 0 Å². The van der Waals surface area contributed by atoms with Crippen molar-refractivity contribution in [3.63, 3.8) is 0 Å². The maximum Gasteiger partial charge on any atom is 0.271 e. The second-order valence-corrected chi connectivity index (χ2v) is 8.07. The van der Waals surface area contributed by atoms with Crippen LogP contribution in [0, 0.1) is 5.82 Å². The molecule has 1 N–H and O–H groups in total. The summed E-state index contributed by atoms with van der Waals surface area (Å²) in [6.07, 6.45) is 4.37. The molecule has 1 heterocycles. The van der Waals surface area contributed by atoms with E-state index in [9.17, 15) is 14.0 Å². The zero-order valence-corrected chi connectivity index (χ0v) is 16.5. The Bertz CT molecular complexity index is 1060. The zero-order valence-electron chi connectivity index (χ0n) is 15.7. The van der Waals surface area contributed by atoms with Crippen molar-refractivity contribution in [2.24, 2.45) is 0 Å². The van der Waals surface area contributed by atoms with E-state index in [-0.39, 0.29) is 23.3 Å². The first kappa shape index (κ1) is 19.4. The van der Waals surface area contributed by atoms with Gasteiger partial charge in [-0.1, -0.05) is 24.6 Å². The zero-order chi connectivity index (χ0) is 20.2. The second kappa shape index (κ2) is 8.61. The first-order chi connectivity index (χ1) is 14.1. The SMILES string of the molecule is O=C(NC1CCCC1)c1ccc(-n2nc(Sc3ccc(F)cc3)ccc2=O)cc1. The van der Waals surface area contributed by atoms with Crippen LogP contribution in [-0.2, 0) is 0 Å². The van der Waals surface area contributed by atoms with E-state index in [1.165, 1.54) is 34.6 Å².